The molecule has 0 N–H and O–H groups in total. The fourth-order valence-corrected chi connectivity index (χ4v) is 2.48. The molecule has 0 fully saturated rings. The van der Waals surface area contributed by atoms with Crippen LogP contribution < -0.4 is 29.6 Å². The van der Waals surface area contributed by atoms with Gasteiger partial charge in [-0.05, 0) is 22.8 Å². The average molecular weight is 336 g/mol. The molecule has 0 amide bonds. The summed E-state index contributed by atoms with van der Waals surface area (Å²) >= 11 is 0. The fraction of sp³-hybridized carbons (Fsp3) is 0. The van der Waals surface area contributed by atoms with E-state index < -0.39 is 10.1 Å². The van der Waals surface area contributed by atoms with Crippen LogP contribution in [0.5, 0.6) is 0 Å². The number of benzene rings is 2. The Bertz CT molecular complexity index is 766. The summed E-state index contributed by atoms with van der Waals surface area (Å²) in [5.41, 5.74) is 2.06. The summed E-state index contributed by atoms with van der Waals surface area (Å²) in [6, 6.07) is 14.4. The minimum absolute atomic E-state index is 0. The van der Waals surface area contributed by atoms with Crippen molar-refractivity contribution >= 4 is 28.3 Å². The van der Waals surface area contributed by atoms with Crippen molar-refractivity contribution in [1.29, 1.82) is 0 Å². The molecular formula is C18H17NaO3S. The summed E-state index contributed by atoms with van der Waals surface area (Å²) in [5, 5.41) is 0. The Labute approximate surface area is 160 Å². The van der Waals surface area contributed by atoms with Crippen molar-refractivity contribution < 1.29 is 42.5 Å². The molecule has 2 aromatic carbocycles. The normalized spacial score (nSPS) is 9.61. The van der Waals surface area contributed by atoms with Crippen molar-refractivity contribution in [2.24, 2.45) is 0 Å². The summed E-state index contributed by atoms with van der Waals surface area (Å²) in [6.07, 6.45) is 4.65. The third kappa shape index (κ3) is 6.69. The molecule has 0 atom stereocenters. The maximum atomic E-state index is 10.8. The molecule has 114 valence electrons. The molecule has 3 nitrogen and oxygen atoms in total. The van der Waals surface area contributed by atoms with E-state index in [1.807, 2.05) is 36.4 Å². The van der Waals surface area contributed by atoms with Crippen molar-refractivity contribution in [3.8, 4) is 0 Å². The molecule has 0 unspecified atom stereocenters. The molecule has 0 aromatic heterocycles. The van der Waals surface area contributed by atoms with Crippen molar-refractivity contribution in [2.45, 2.75) is 4.90 Å². The molecular weight excluding hydrogens is 319 g/mol. The van der Waals surface area contributed by atoms with E-state index >= 15 is 0 Å². The van der Waals surface area contributed by atoms with Gasteiger partial charge in [-0.2, -0.15) is 0 Å². The summed E-state index contributed by atoms with van der Waals surface area (Å²) < 4.78 is 32.5. The van der Waals surface area contributed by atoms with Crippen molar-refractivity contribution in [2.75, 3.05) is 0 Å². The molecule has 0 saturated carbocycles. The number of rotatable bonds is 4. The Kier molecular flexibility index (Phi) is 9.72. The van der Waals surface area contributed by atoms with Gasteiger partial charge in [0, 0.05) is 0 Å². The van der Waals surface area contributed by atoms with Crippen LogP contribution >= 0.6 is 0 Å². The predicted octanol–water partition coefficient (Wildman–Crippen LogP) is 1.21. The summed E-state index contributed by atoms with van der Waals surface area (Å²) in [7, 11) is -4.45. The smallest absolute Gasteiger partial charge is 0.744 e. The van der Waals surface area contributed by atoms with Gasteiger partial charge in [0.25, 0.3) is 0 Å². The van der Waals surface area contributed by atoms with E-state index in [1.54, 1.807) is 6.07 Å². The molecule has 0 spiro atoms. The summed E-state index contributed by atoms with van der Waals surface area (Å²) in [5.74, 6) is 0. The Morgan fingerprint density at radius 2 is 1.43 bits per heavy atom. The second kappa shape index (κ2) is 10.4. The molecule has 0 aliphatic rings. The quantitative estimate of drug-likeness (QED) is 0.623. The van der Waals surface area contributed by atoms with E-state index in [0.29, 0.717) is 11.1 Å². The maximum absolute atomic E-state index is 10.8. The van der Waals surface area contributed by atoms with E-state index in [2.05, 4.69) is 19.7 Å². The second-order valence-electron chi connectivity index (χ2n) is 4.24. The van der Waals surface area contributed by atoms with Crippen molar-refractivity contribution in [3.63, 3.8) is 0 Å². The molecule has 23 heavy (non-hydrogen) atoms. The van der Waals surface area contributed by atoms with E-state index in [9.17, 15) is 13.0 Å². The van der Waals surface area contributed by atoms with Crippen molar-refractivity contribution in [3.05, 3.63) is 85.0 Å². The molecule has 0 aliphatic heterocycles. The van der Waals surface area contributed by atoms with Crippen LogP contribution in [-0.4, -0.2) is 13.0 Å². The second-order valence-corrected chi connectivity index (χ2v) is 5.58. The molecule has 0 saturated heterocycles. The molecule has 2 aromatic rings. The van der Waals surface area contributed by atoms with Gasteiger partial charge in [-0.1, -0.05) is 80.4 Å². The standard InChI is InChI=1S/C10H10O3S.C8H8.Na/c1-3-8-6-5-7-10(9(8)4-2)14(11,12)13;1-2-8-6-4-3-5-7-8;/h3-7H,1-2H2,(H,11,12,13);2-7H,1H2;/q;;+1/p-1. The van der Waals surface area contributed by atoms with Gasteiger partial charge in [0.1, 0.15) is 10.1 Å². The molecule has 0 heterocycles. The van der Waals surface area contributed by atoms with E-state index in [4.69, 9.17) is 0 Å². The third-order valence-corrected chi connectivity index (χ3v) is 3.72. The predicted molar refractivity (Wildman–Crippen MR) is 91.1 cm³/mol. The van der Waals surface area contributed by atoms with E-state index in [-0.39, 0.29) is 34.5 Å². The van der Waals surface area contributed by atoms with Crippen LogP contribution in [0.25, 0.3) is 18.2 Å². The van der Waals surface area contributed by atoms with Crippen LogP contribution in [0.1, 0.15) is 16.7 Å². The topological polar surface area (TPSA) is 57.2 Å². The molecule has 0 radical (unpaired) electrons. The van der Waals surface area contributed by atoms with Gasteiger partial charge in [-0.25, -0.2) is 8.42 Å². The van der Waals surface area contributed by atoms with E-state index in [1.165, 1.54) is 29.8 Å². The van der Waals surface area contributed by atoms with Gasteiger partial charge < -0.3 is 4.55 Å². The monoisotopic (exact) mass is 336 g/mol. The summed E-state index contributed by atoms with van der Waals surface area (Å²) in [4.78, 5) is -0.259. The van der Waals surface area contributed by atoms with Crippen LogP contribution in [0.3, 0.4) is 0 Å². The number of hydrogen-bond donors (Lipinski definition) is 0. The SMILES string of the molecule is C=Cc1cccc(S(=O)(=O)[O-])c1C=C.C=Cc1ccccc1.[Na+]. The van der Waals surface area contributed by atoms with Crippen molar-refractivity contribution in [1.82, 2.24) is 0 Å². The first-order valence-corrected chi connectivity index (χ1v) is 7.86. The Balaban J connectivity index is 0.000000460. The van der Waals surface area contributed by atoms with Crippen LogP contribution in [0.2, 0.25) is 0 Å². The fourth-order valence-electron chi connectivity index (χ4n) is 1.76. The first-order valence-electron chi connectivity index (χ1n) is 6.45. The van der Waals surface area contributed by atoms with Crippen LogP contribution in [0.15, 0.2) is 73.2 Å². The zero-order valence-electron chi connectivity index (χ0n) is 13.1. The van der Waals surface area contributed by atoms with Gasteiger partial charge in [-0.3, -0.25) is 0 Å². The third-order valence-electron chi connectivity index (χ3n) is 2.83. The molecule has 0 aliphatic carbocycles. The van der Waals surface area contributed by atoms with Crippen LogP contribution in [0, 0.1) is 0 Å². The molecule has 0 bridgehead atoms. The van der Waals surface area contributed by atoms with Gasteiger partial charge in [-0.15, -0.1) is 0 Å². The van der Waals surface area contributed by atoms with Crippen LogP contribution in [0.4, 0.5) is 0 Å². The van der Waals surface area contributed by atoms with E-state index in [0.717, 1.165) is 0 Å². The minimum atomic E-state index is -4.45. The first-order chi connectivity index (χ1) is 10.4. The molecule has 2 rings (SSSR count). The number of hydrogen-bond acceptors (Lipinski definition) is 3. The van der Waals surface area contributed by atoms with Gasteiger partial charge in [0.2, 0.25) is 0 Å². The Morgan fingerprint density at radius 1 is 0.826 bits per heavy atom. The largest absolute Gasteiger partial charge is 1.00 e. The maximum Gasteiger partial charge on any atom is 1.00 e. The minimum Gasteiger partial charge on any atom is -0.744 e. The Hall–Kier alpha value is -1.43. The zero-order chi connectivity index (χ0) is 16.6. The zero-order valence-corrected chi connectivity index (χ0v) is 15.9. The van der Waals surface area contributed by atoms with Gasteiger partial charge in [0.15, 0.2) is 0 Å². The summed E-state index contributed by atoms with van der Waals surface area (Å²) in [6.45, 7) is 10.6. The Morgan fingerprint density at radius 3 is 1.83 bits per heavy atom. The first kappa shape index (κ1) is 21.6. The molecule has 5 heteroatoms. The van der Waals surface area contributed by atoms with Gasteiger partial charge >= 0.3 is 29.6 Å². The van der Waals surface area contributed by atoms with Crippen LogP contribution in [-0.2, 0) is 10.1 Å². The van der Waals surface area contributed by atoms with Gasteiger partial charge in [0.05, 0.1) is 4.90 Å². The average Bonchev–Trinajstić information content (AvgIpc) is 2.54.